The van der Waals surface area contributed by atoms with Gasteiger partial charge in [0.2, 0.25) is 10.0 Å². The van der Waals surface area contributed by atoms with E-state index in [-0.39, 0.29) is 28.2 Å². The van der Waals surface area contributed by atoms with Gasteiger partial charge in [-0.1, -0.05) is 31.0 Å². The summed E-state index contributed by atoms with van der Waals surface area (Å²) >= 11 is 0. The molecular weight excluding hydrogens is 416 g/mol. The lowest BCUT2D eigenvalue weighted by Crippen LogP contribution is -2.32. The molecule has 1 amide bonds. The number of carbonyl (C=O) groups is 1. The number of hydrogen-bond acceptors (Lipinski definition) is 5. The molecule has 1 atom stereocenters. The molecule has 0 saturated carbocycles. The molecule has 168 valence electrons. The van der Waals surface area contributed by atoms with Crippen LogP contribution in [0.4, 0.5) is 0 Å². The van der Waals surface area contributed by atoms with Crippen molar-refractivity contribution in [3.05, 3.63) is 53.6 Å². The Morgan fingerprint density at radius 1 is 0.968 bits per heavy atom. The number of methoxy groups -OCH3 is 2. The molecule has 0 bridgehead atoms. The van der Waals surface area contributed by atoms with Gasteiger partial charge in [0.25, 0.3) is 5.91 Å². The minimum absolute atomic E-state index is 0.0227. The van der Waals surface area contributed by atoms with Crippen LogP contribution in [0.1, 0.15) is 54.6 Å². The second-order valence-corrected chi connectivity index (χ2v) is 9.53. The van der Waals surface area contributed by atoms with Crippen LogP contribution < -0.4 is 14.8 Å². The Labute approximate surface area is 184 Å². The van der Waals surface area contributed by atoms with Crippen molar-refractivity contribution in [1.29, 1.82) is 0 Å². The largest absolute Gasteiger partial charge is 0.496 e. The Bertz CT molecular complexity index is 1010. The standard InChI is InChI=1S/C23H30N2O5S/c1-17(19-10-6-7-11-20(19)29-2)24-23(26)18-12-13-21(30-3)22(16-18)31(27,28)25-14-8-4-5-9-15-25/h6-7,10-13,16-17H,4-5,8-9,14-15H2,1-3H3,(H,24,26)/t17-/m0/s1. The topological polar surface area (TPSA) is 84.9 Å². The van der Waals surface area contributed by atoms with E-state index < -0.39 is 10.0 Å². The van der Waals surface area contributed by atoms with Crippen LogP contribution in [0.2, 0.25) is 0 Å². The van der Waals surface area contributed by atoms with Crippen molar-refractivity contribution in [2.24, 2.45) is 0 Å². The number of carbonyl (C=O) groups excluding carboxylic acids is 1. The lowest BCUT2D eigenvalue weighted by atomic mass is 10.1. The molecule has 0 aromatic heterocycles. The summed E-state index contributed by atoms with van der Waals surface area (Å²) in [5.74, 6) is 0.543. The highest BCUT2D eigenvalue weighted by molar-refractivity contribution is 7.89. The summed E-state index contributed by atoms with van der Waals surface area (Å²) in [7, 11) is -0.756. The summed E-state index contributed by atoms with van der Waals surface area (Å²) in [4.78, 5) is 13.0. The van der Waals surface area contributed by atoms with Gasteiger partial charge >= 0.3 is 0 Å². The van der Waals surface area contributed by atoms with Crippen LogP contribution in [-0.2, 0) is 10.0 Å². The zero-order valence-corrected chi connectivity index (χ0v) is 19.1. The van der Waals surface area contributed by atoms with Gasteiger partial charge in [-0.2, -0.15) is 4.31 Å². The second-order valence-electron chi connectivity index (χ2n) is 7.62. The summed E-state index contributed by atoms with van der Waals surface area (Å²) in [5, 5.41) is 2.92. The van der Waals surface area contributed by atoms with Crippen molar-refractivity contribution in [2.45, 2.75) is 43.5 Å². The van der Waals surface area contributed by atoms with E-state index in [0.29, 0.717) is 18.8 Å². The molecule has 3 rings (SSSR count). The molecule has 1 N–H and O–H groups in total. The van der Waals surface area contributed by atoms with Crippen LogP contribution in [0.3, 0.4) is 0 Å². The van der Waals surface area contributed by atoms with Crippen LogP contribution in [0.15, 0.2) is 47.4 Å². The highest BCUT2D eigenvalue weighted by Gasteiger charge is 2.29. The molecule has 2 aromatic carbocycles. The number of para-hydroxylation sites is 1. The molecule has 8 heteroatoms. The van der Waals surface area contributed by atoms with Crippen LogP contribution in [0, 0.1) is 0 Å². The molecule has 0 unspecified atom stereocenters. The van der Waals surface area contributed by atoms with Crippen molar-refractivity contribution in [3.63, 3.8) is 0 Å². The Kier molecular flexibility index (Phi) is 7.56. The number of sulfonamides is 1. The fraction of sp³-hybridized carbons (Fsp3) is 0.435. The van der Waals surface area contributed by atoms with Crippen LogP contribution >= 0.6 is 0 Å². The Morgan fingerprint density at radius 2 is 1.61 bits per heavy atom. The smallest absolute Gasteiger partial charge is 0.251 e. The molecule has 1 fully saturated rings. The predicted octanol–water partition coefficient (Wildman–Crippen LogP) is 3.76. The molecule has 0 radical (unpaired) electrons. The number of rotatable bonds is 7. The first-order valence-electron chi connectivity index (χ1n) is 10.5. The molecule has 2 aromatic rings. The Morgan fingerprint density at radius 3 is 2.26 bits per heavy atom. The maximum Gasteiger partial charge on any atom is 0.251 e. The molecular formula is C23H30N2O5S. The summed E-state index contributed by atoms with van der Waals surface area (Å²) in [5.41, 5.74) is 1.10. The molecule has 1 heterocycles. The molecule has 31 heavy (non-hydrogen) atoms. The van der Waals surface area contributed by atoms with E-state index in [1.165, 1.54) is 23.5 Å². The maximum absolute atomic E-state index is 13.3. The molecule has 0 spiro atoms. The van der Waals surface area contributed by atoms with E-state index in [2.05, 4.69) is 5.32 Å². The average molecular weight is 447 g/mol. The van der Waals surface area contributed by atoms with Gasteiger partial charge in [0.15, 0.2) is 0 Å². The summed E-state index contributed by atoms with van der Waals surface area (Å²) in [6, 6.07) is 11.6. The average Bonchev–Trinajstić information content (AvgIpc) is 3.08. The fourth-order valence-corrected chi connectivity index (χ4v) is 5.52. The van der Waals surface area contributed by atoms with Crippen molar-refractivity contribution < 1.29 is 22.7 Å². The summed E-state index contributed by atoms with van der Waals surface area (Å²) in [6.45, 7) is 2.81. The lowest BCUT2D eigenvalue weighted by Gasteiger charge is -2.22. The van der Waals surface area contributed by atoms with E-state index in [9.17, 15) is 13.2 Å². The maximum atomic E-state index is 13.3. The third kappa shape index (κ3) is 5.19. The Balaban J connectivity index is 1.88. The molecule has 7 nitrogen and oxygen atoms in total. The van der Waals surface area contributed by atoms with Gasteiger partial charge in [-0.3, -0.25) is 4.79 Å². The SMILES string of the molecule is COc1ccccc1[C@H](C)NC(=O)c1ccc(OC)c(S(=O)(=O)N2CCCCCC2)c1. The summed E-state index contributed by atoms with van der Waals surface area (Å²) < 4.78 is 38.8. The van der Waals surface area contributed by atoms with Gasteiger partial charge in [0.05, 0.1) is 20.3 Å². The minimum Gasteiger partial charge on any atom is -0.496 e. The Hall–Kier alpha value is -2.58. The minimum atomic E-state index is -3.77. The summed E-state index contributed by atoms with van der Waals surface area (Å²) in [6.07, 6.45) is 3.70. The number of benzene rings is 2. The third-order valence-electron chi connectivity index (χ3n) is 5.56. The van der Waals surface area contributed by atoms with Crippen LogP contribution in [-0.4, -0.2) is 45.9 Å². The van der Waals surface area contributed by atoms with Gasteiger partial charge in [-0.25, -0.2) is 8.42 Å². The number of nitrogens with zero attached hydrogens (tertiary/aromatic N) is 1. The molecule has 0 aliphatic carbocycles. The van der Waals surface area contributed by atoms with Gasteiger partial charge in [-0.05, 0) is 44.0 Å². The van der Waals surface area contributed by atoms with Gasteiger partial charge in [0, 0.05) is 24.2 Å². The van der Waals surface area contributed by atoms with Crippen molar-refractivity contribution in [2.75, 3.05) is 27.3 Å². The predicted molar refractivity (Wildman–Crippen MR) is 119 cm³/mol. The number of nitrogens with one attached hydrogen (secondary N) is 1. The zero-order chi connectivity index (χ0) is 22.4. The second kappa shape index (κ2) is 10.2. The van der Waals surface area contributed by atoms with E-state index in [0.717, 1.165) is 31.2 Å². The quantitative estimate of drug-likeness (QED) is 0.700. The number of amides is 1. The normalized spacial score (nSPS) is 16.2. The highest BCUT2D eigenvalue weighted by atomic mass is 32.2. The lowest BCUT2D eigenvalue weighted by molar-refractivity contribution is 0.0939. The van der Waals surface area contributed by atoms with E-state index in [1.54, 1.807) is 13.2 Å². The number of hydrogen-bond donors (Lipinski definition) is 1. The first-order valence-corrected chi connectivity index (χ1v) is 11.9. The van der Waals surface area contributed by atoms with Gasteiger partial charge in [-0.15, -0.1) is 0 Å². The van der Waals surface area contributed by atoms with Crippen LogP contribution in [0.5, 0.6) is 11.5 Å². The zero-order valence-electron chi connectivity index (χ0n) is 18.3. The highest BCUT2D eigenvalue weighted by Crippen LogP contribution is 2.30. The van der Waals surface area contributed by atoms with Crippen molar-refractivity contribution in [3.8, 4) is 11.5 Å². The first kappa shape index (κ1) is 23.1. The molecule has 1 saturated heterocycles. The fourth-order valence-electron chi connectivity index (χ4n) is 3.82. The van der Waals surface area contributed by atoms with E-state index in [1.807, 2.05) is 31.2 Å². The van der Waals surface area contributed by atoms with Gasteiger partial charge in [0.1, 0.15) is 16.4 Å². The van der Waals surface area contributed by atoms with E-state index in [4.69, 9.17) is 9.47 Å². The van der Waals surface area contributed by atoms with Crippen LogP contribution in [0.25, 0.3) is 0 Å². The molecule has 1 aliphatic rings. The van der Waals surface area contributed by atoms with Crippen molar-refractivity contribution >= 4 is 15.9 Å². The monoisotopic (exact) mass is 446 g/mol. The first-order chi connectivity index (χ1) is 14.9. The molecule has 1 aliphatic heterocycles. The van der Waals surface area contributed by atoms with Gasteiger partial charge < -0.3 is 14.8 Å². The third-order valence-corrected chi connectivity index (χ3v) is 7.48. The van der Waals surface area contributed by atoms with Crippen molar-refractivity contribution in [1.82, 2.24) is 9.62 Å². The van der Waals surface area contributed by atoms with E-state index >= 15 is 0 Å². The number of ether oxygens (including phenoxy) is 2.